The number of hydrogen-bond donors (Lipinski definition) is 2. The first-order chi connectivity index (χ1) is 14.0. The van der Waals surface area contributed by atoms with Crippen molar-refractivity contribution in [3.63, 3.8) is 0 Å². The van der Waals surface area contributed by atoms with E-state index in [9.17, 15) is 9.90 Å². The first-order valence-corrected chi connectivity index (χ1v) is 12.6. The molecule has 1 aromatic heterocycles. The molecule has 0 unspecified atom stereocenters. The summed E-state index contributed by atoms with van der Waals surface area (Å²) in [5, 5.41) is 19.4. The Labute approximate surface area is 176 Å². The molecule has 2 aromatic carbocycles. The summed E-state index contributed by atoms with van der Waals surface area (Å²) in [6, 6.07) is 8.59. The third-order valence-corrected chi connectivity index (χ3v) is 5.83. The van der Waals surface area contributed by atoms with Gasteiger partial charge in [0.2, 0.25) is 0 Å². The fourth-order valence-electron chi connectivity index (χ4n) is 3.26. The second-order valence-corrected chi connectivity index (χ2v) is 11.1. The summed E-state index contributed by atoms with van der Waals surface area (Å²) in [7, 11) is -1.28. The van der Waals surface area contributed by atoms with Gasteiger partial charge in [-0.3, -0.25) is 4.98 Å². The van der Waals surface area contributed by atoms with Crippen LogP contribution >= 0.6 is 0 Å². The summed E-state index contributed by atoms with van der Waals surface area (Å²) in [5.41, 5.74) is 2.93. The normalized spacial score (nSPS) is 12.0. The Bertz CT molecular complexity index is 1120. The molecule has 0 amide bonds. The van der Waals surface area contributed by atoms with Crippen LogP contribution in [0.15, 0.2) is 36.5 Å². The number of carboxylic acid groups (broad SMARTS) is 1. The van der Waals surface area contributed by atoms with Crippen molar-refractivity contribution in [2.24, 2.45) is 0 Å². The molecule has 5 nitrogen and oxygen atoms in total. The number of aromatic hydroxyl groups is 1. The van der Waals surface area contributed by atoms with E-state index in [0.29, 0.717) is 23.3 Å². The Morgan fingerprint density at radius 2 is 1.87 bits per heavy atom. The van der Waals surface area contributed by atoms with Crippen molar-refractivity contribution in [3.05, 3.63) is 59.0 Å². The standard InChI is InChI=1S/C23H26FNO4Si/c1-23(2,3)14-6-7-15(13(8-14)12-29-30(4)5)16-10-20-17(9-19(16)24)21(26)18(11-25-20)22(27)28/h6-11,30H,12H2,1-5H3,(H,25,26)(H,27,28). The molecule has 2 N–H and O–H groups in total. The van der Waals surface area contributed by atoms with E-state index in [1.165, 1.54) is 0 Å². The van der Waals surface area contributed by atoms with Crippen molar-refractivity contribution >= 4 is 25.9 Å². The highest BCUT2D eigenvalue weighted by Crippen LogP contribution is 2.36. The topological polar surface area (TPSA) is 79.7 Å². The van der Waals surface area contributed by atoms with Crippen molar-refractivity contribution < 1.29 is 23.8 Å². The number of halogens is 1. The largest absolute Gasteiger partial charge is 0.506 e. The number of rotatable bonds is 5. The van der Waals surface area contributed by atoms with Crippen LogP contribution < -0.4 is 0 Å². The van der Waals surface area contributed by atoms with Crippen LogP contribution in [0.1, 0.15) is 42.3 Å². The second kappa shape index (κ2) is 8.16. The van der Waals surface area contributed by atoms with Gasteiger partial charge in [0, 0.05) is 17.1 Å². The Kier molecular flexibility index (Phi) is 5.96. The lowest BCUT2D eigenvalue weighted by Gasteiger charge is -2.22. The maximum Gasteiger partial charge on any atom is 0.341 e. The van der Waals surface area contributed by atoms with E-state index >= 15 is 4.39 Å². The fraction of sp³-hybridized carbons (Fsp3) is 0.304. The van der Waals surface area contributed by atoms with Gasteiger partial charge in [-0.2, -0.15) is 0 Å². The van der Waals surface area contributed by atoms with E-state index in [2.05, 4.69) is 38.8 Å². The Hall–Kier alpha value is -2.77. The molecule has 0 saturated heterocycles. The summed E-state index contributed by atoms with van der Waals surface area (Å²) >= 11 is 0. The minimum Gasteiger partial charge on any atom is -0.506 e. The van der Waals surface area contributed by atoms with Crippen molar-refractivity contribution in [2.45, 2.75) is 45.9 Å². The zero-order chi connectivity index (χ0) is 22.2. The van der Waals surface area contributed by atoms with Gasteiger partial charge in [-0.15, -0.1) is 0 Å². The van der Waals surface area contributed by atoms with E-state index in [1.807, 2.05) is 18.2 Å². The SMILES string of the molecule is C[SiH](C)OCc1cc(C(C)(C)C)ccc1-c1cc2ncc(C(=O)O)c(O)c2cc1F. The van der Waals surface area contributed by atoms with Gasteiger partial charge in [-0.1, -0.05) is 39.0 Å². The van der Waals surface area contributed by atoms with Gasteiger partial charge in [0.25, 0.3) is 0 Å². The summed E-state index contributed by atoms with van der Waals surface area (Å²) in [6.07, 6.45) is 1.08. The molecule has 0 aliphatic heterocycles. The van der Waals surface area contributed by atoms with Gasteiger partial charge in [0.15, 0.2) is 9.04 Å². The first-order valence-electron chi connectivity index (χ1n) is 9.79. The molecular weight excluding hydrogens is 401 g/mol. The van der Waals surface area contributed by atoms with Crippen LogP contribution in [-0.2, 0) is 16.4 Å². The number of aromatic carboxylic acids is 1. The highest BCUT2D eigenvalue weighted by Gasteiger charge is 2.20. The van der Waals surface area contributed by atoms with Gasteiger partial charge in [0.05, 0.1) is 12.1 Å². The molecule has 0 aliphatic rings. The molecule has 0 saturated carbocycles. The van der Waals surface area contributed by atoms with Crippen molar-refractivity contribution in [1.29, 1.82) is 0 Å². The quantitative estimate of drug-likeness (QED) is 0.544. The molecule has 3 rings (SSSR count). The summed E-state index contributed by atoms with van der Waals surface area (Å²) in [6.45, 7) is 10.9. The minimum absolute atomic E-state index is 0.0644. The number of carbonyl (C=O) groups is 1. The highest BCUT2D eigenvalue weighted by atomic mass is 28.3. The van der Waals surface area contributed by atoms with Gasteiger partial charge < -0.3 is 14.6 Å². The van der Waals surface area contributed by atoms with Crippen molar-refractivity contribution in [2.75, 3.05) is 0 Å². The molecule has 0 bridgehead atoms. The fourth-order valence-corrected chi connectivity index (χ4v) is 3.77. The molecule has 158 valence electrons. The van der Waals surface area contributed by atoms with Crippen molar-refractivity contribution in [1.82, 2.24) is 4.98 Å². The predicted molar refractivity (Wildman–Crippen MR) is 118 cm³/mol. The van der Waals surface area contributed by atoms with E-state index in [4.69, 9.17) is 9.53 Å². The van der Waals surface area contributed by atoms with Crippen LogP contribution in [0.4, 0.5) is 4.39 Å². The molecular formula is C23H26FNO4Si. The Morgan fingerprint density at radius 3 is 2.47 bits per heavy atom. The second-order valence-electron chi connectivity index (χ2n) is 8.66. The van der Waals surface area contributed by atoms with E-state index < -0.39 is 26.6 Å². The van der Waals surface area contributed by atoms with Crippen LogP contribution in [0.2, 0.25) is 13.1 Å². The number of benzene rings is 2. The van der Waals surface area contributed by atoms with Crippen LogP contribution in [0.5, 0.6) is 5.75 Å². The Morgan fingerprint density at radius 1 is 1.17 bits per heavy atom. The number of nitrogens with zero attached hydrogens (tertiary/aromatic N) is 1. The van der Waals surface area contributed by atoms with Crippen LogP contribution in [-0.4, -0.2) is 30.2 Å². The third kappa shape index (κ3) is 4.37. The third-order valence-electron chi connectivity index (χ3n) is 4.99. The molecule has 1 heterocycles. The molecule has 7 heteroatoms. The van der Waals surface area contributed by atoms with Crippen LogP contribution in [0.25, 0.3) is 22.0 Å². The van der Waals surface area contributed by atoms with E-state index in [1.54, 1.807) is 6.07 Å². The number of hydrogen-bond acceptors (Lipinski definition) is 4. The van der Waals surface area contributed by atoms with Crippen LogP contribution in [0.3, 0.4) is 0 Å². The maximum absolute atomic E-state index is 15.1. The molecule has 0 fully saturated rings. The summed E-state index contributed by atoms with van der Waals surface area (Å²) < 4.78 is 21.1. The lowest BCUT2D eigenvalue weighted by Crippen LogP contribution is -2.13. The average Bonchev–Trinajstić information content (AvgIpc) is 2.65. The maximum atomic E-state index is 15.1. The predicted octanol–water partition coefficient (Wildman–Crippen LogP) is 5.24. The summed E-state index contributed by atoms with van der Waals surface area (Å²) in [4.78, 5) is 15.3. The molecule has 0 spiro atoms. The molecule has 30 heavy (non-hydrogen) atoms. The molecule has 0 atom stereocenters. The number of carboxylic acids is 1. The zero-order valence-electron chi connectivity index (χ0n) is 17.8. The minimum atomic E-state index is -1.32. The van der Waals surface area contributed by atoms with Gasteiger partial charge in [-0.25, -0.2) is 9.18 Å². The van der Waals surface area contributed by atoms with E-state index in [0.717, 1.165) is 23.4 Å². The Balaban J connectivity index is 2.19. The molecule has 0 radical (unpaired) electrons. The average molecular weight is 428 g/mol. The number of fused-ring (bicyclic) bond motifs is 1. The first kappa shape index (κ1) is 21.9. The summed E-state index contributed by atoms with van der Waals surface area (Å²) in [5.74, 6) is -2.37. The van der Waals surface area contributed by atoms with Crippen molar-refractivity contribution in [3.8, 4) is 16.9 Å². The van der Waals surface area contributed by atoms with Gasteiger partial charge >= 0.3 is 5.97 Å². The monoisotopic (exact) mass is 427 g/mol. The zero-order valence-corrected chi connectivity index (χ0v) is 18.9. The lowest BCUT2D eigenvalue weighted by atomic mass is 9.84. The highest BCUT2D eigenvalue weighted by molar-refractivity contribution is 6.48. The van der Waals surface area contributed by atoms with Gasteiger partial charge in [-0.05, 0) is 47.3 Å². The molecule has 3 aromatic rings. The van der Waals surface area contributed by atoms with E-state index in [-0.39, 0.29) is 16.4 Å². The lowest BCUT2D eigenvalue weighted by molar-refractivity contribution is 0.0693. The number of aromatic nitrogens is 1. The smallest absolute Gasteiger partial charge is 0.341 e. The molecule has 0 aliphatic carbocycles. The van der Waals surface area contributed by atoms with Gasteiger partial charge in [0.1, 0.15) is 17.1 Å². The van der Waals surface area contributed by atoms with Crippen LogP contribution in [0, 0.1) is 5.82 Å². The number of pyridine rings is 1.